The Kier molecular flexibility index (Phi) is 6.27. The maximum absolute atomic E-state index is 14.4. The van der Waals surface area contributed by atoms with Crippen LogP contribution in [0.25, 0.3) is 0 Å². The largest absolute Gasteiger partial charge is 0.378 e. The van der Waals surface area contributed by atoms with Crippen molar-refractivity contribution < 1.29 is 19.5 Å². The lowest BCUT2D eigenvalue weighted by molar-refractivity contribution is -0.129. The van der Waals surface area contributed by atoms with E-state index in [1.165, 1.54) is 11.0 Å². The second kappa shape index (κ2) is 9.91. The van der Waals surface area contributed by atoms with E-state index < -0.39 is 35.2 Å². The van der Waals surface area contributed by atoms with Crippen molar-refractivity contribution in [1.29, 1.82) is 0 Å². The van der Waals surface area contributed by atoms with Crippen LogP contribution < -0.4 is 10.3 Å². The number of nitrogens with zero attached hydrogens (tertiary/aromatic N) is 2. The second-order valence-corrected chi connectivity index (χ2v) is 11.5. The predicted octanol–water partition coefficient (Wildman–Crippen LogP) is 5.38. The van der Waals surface area contributed by atoms with Crippen LogP contribution in [0.2, 0.25) is 10.0 Å². The number of hydrazone groups is 1. The summed E-state index contributed by atoms with van der Waals surface area (Å²) in [6, 6.07) is 28.6. The average Bonchev–Trinajstić information content (AvgIpc) is 3.28. The van der Waals surface area contributed by atoms with E-state index in [0.29, 0.717) is 10.6 Å². The van der Waals surface area contributed by atoms with Gasteiger partial charge in [0.05, 0.1) is 28.0 Å². The van der Waals surface area contributed by atoms with E-state index in [9.17, 15) is 19.5 Å². The highest BCUT2D eigenvalue weighted by molar-refractivity contribution is 6.38. The highest BCUT2D eigenvalue weighted by Crippen LogP contribution is 2.63. The van der Waals surface area contributed by atoms with E-state index in [1.807, 2.05) is 48.5 Å². The molecule has 1 fully saturated rings. The molecule has 2 bridgehead atoms. The molecule has 3 atom stereocenters. The molecule has 4 aromatic carbocycles. The van der Waals surface area contributed by atoms with Crippen LogP contribution >= 0.6 is 23.2 Å². The van der Waals surface area contributed by atoms with E-state index in [0.717, 1.165) is 22.3 Å². The third kappa shape index (κ3) is 3.71. The molecule has 0 spiro atoms. The molecule has 0 radical (unpaired) electrons. The number of nitrogens with one attached hydrogen (secondary N) is 1. The molecule has 208 valence electrons. The first kappa shape index (κ1) is 26.6. The predicted molar refractivity (Wildman–Crippen MR) is 159 cm³/mol. The van der Waals surface area contributed by atoms with Gasteiger partial charge in [0, 0.05) is 17.2 Å². The lowest BCUT2D eigenvalue weighted by atomic mass is 9.47. The second-order valence-electron chi connectivity index (χ2n) is 10.7. The van der Waals surface area contributed by atoms with Crippen LogP contribution in [0.3, 0.4) is 0 Å². The molecule has 0 unspecified atom stereocenters. The van der Waals surface area contributed by atoms with Crippen molar-refractivity contribution in [3.05, 3.63) is 135 Å². The minimum Gasteiger partial charge on any atom is -0.378 e. The maximum atomic E-state index is 14.4. The van der Waals surface area contributed by atoms with Gasteiger partial charge in [-0.25, -0.2) is 10.3 Å². The summed E-state index contributed by atoms with van der Waals surface area (Å²) in [6.07, 6.45) is 0.110. The van der Waals surface area contributed by atoms with Crippen molar-refractivity contribution in [2.45, 2.75) is 17.4 Å². The zero-order valence-electron chi connectivity index (χ0n) is 21.9. The van der Waals surface area contributed by atoms with E-state index in [4.69, 9.17) is 23.2 Å². The number of anilines is 1. The summed E-state index contributed by atoms with van der Waals surface area (Å²) in [5, 5.41) is 15.5. The van der Waals surface area contributed by atoms with Gasteiger partial charge in [-0.15, -0.1) is 0 Å². The quantitative estimate of drug-likeness (QED) is 0.184. The summed E-state index contributed by atoms with van der Waals surface area (Å²) in [4.78, 5) is 42.7. The summed E-state index contributed by atoms with van der Waals surface area (Å²) in [5.74, 6) is -3.44. The van der Waals surface area contributed by atoms with Crippen LogP contribution in [-0.2, 0) is 19.8 Å². The Hall–Kier alpha value is -4.30. The Bertz CT molecular complexity index is 1760. The molecule has 42 heavy (non-hydrogen) atoms. The van der Waals surface area contributed by atoms with Crippen molar-refractivity contribution in [3.8, 4) is 0 Å². The van der Waals surface area contributed by atoms with Crippen molar-refractivity contribution in [2.75, 3.05) is 4.90 Å². The van der Waals surface area contributed by atoms with Crippen LogP contribution in [-0.4, -0.2) is 29.0 Å². The molecule has 4 aliphatic rings. The van der Waals surface area contributed by atoms with Gasteiger partial charge >= 0.3 is 0 Å². The maximum Gasteiger partial charge on any atom is 0.273 e. The first-order chi connectivity index (χ1) is 20.3. The van der Waals surface area contributed by atoms with Crippen molar-refractivity contribution in [3.63, 3.8) is 0 Å². The zero-order chi connectivity index (χ0) is 29.2. The number of benzene rings is 4. The van der Waals surface area contributed by atoms with Crippen molar-refractivity contribution in [1.82, 2.24) is 5.43 Å². The number of carbonyl (C=O) groups excluding carboxylic acids is 3. The third-order valence-corrected chi connectivity index (χ3v) is 9.18. The number of aliphatic hydroxyl groups excluding tert-OH is 1. The molecule has 1 saturated heterocycles. The molecule has 3 amide bonds. The smallest absolute Gasteiger partial charge is 0.273 e. The number of halogens is 2. The molecular weight excluding hydrogens is 573 g/mol. The molecule has 2 N–H and O–H groups in total. The monoisotopic (exact) mass is 595 g/mol. The minimum absolute atomic E-state index is 0.190. The fourth-order valence-corrected chi connectivity index (χ4v) is 7.49. The van der Waals surface area contributed by atoms with Gasteiger partial charge in [0.2, 0.25) is 11.8 Å². The lowest BCUT2D eigenvalue weighted by Crippen LogP contribution is -2.54. The number of hydrogen-bond acceptors (Lipinski definition) is 5. The number of rotatable bonds is 5. The average molecular weight is 596 g/mol. The van der Waals surface area contributed by atoms with Crippen LogP contribution in [0.15, 0.2) is 102 Å². The number of hydrogen-bond donors (Lipinski definition) is 2. The fraction of sp³-hybridized carbons (Fsp3) is 0.152. The Morgan fingerprint density at radius 3 is 2.14 bits per heavy atom. The zero-order valence-corrected chi connectivity index (χ0v) is 23.5. The van der Waals surface area contributed by atoms with E-state index >= 15 is 0 Å². The summed E-state index contributed by atoms with van der Waals surface area (Å²) in [7, 11) is 0. The standard InChI is InChI=1S/C33H23Cl2N3O4/c34-19-14-15-25(24(35)16-19)38-31(41)27-26-20-10-4-6-12-22(20)33(28(27)32(38)42,23-13-7-5-11-21(23)26)17-36-37-30(40)29(39)18-8-2-1-3-9-18/h1-17,26-29,39H,(H,37,40)/b36-17-/t26?,27-,28+,29-,33?/m0/s1. The van der Waals surface area contributed by atoms with E-state index in [-0.39, 0.29) is 22.5 Å². The molecule has 9 heteroatoms. The van der Waals surface area contributed by atoms with Gasteiger partial charge in [-0.2, -0.15) is 5.10 Å². The first-order valence-corrected chi connectivity index (χ1v) is 14.2. The van der Waals surface area contributed by atoms with Gasteiger partial charge in [-0.3, -0.25) is 14.4 Å². The van der Waals surface area contributed by atoms with Gasteiger partial charge in [-0.1, -0.05) is 102 Å². The molecule has 1 aliphatic heterocycles. The molecule has 7 nitrogen and oxygen atoms in total. The van der Waals surface area contributed by atoms with Crippen molar-refractivity contribution >= 4 is 52.8 Å². The number of carbonyl (C=O) groups is 3. The number of aliphatic hydroxyl groups is 1. The van der Waals surface area contributed by atoms with Crippen LogP contribution in [0.1, 0.15) is 39.8 Å². The molecule has 0 saturated carbocycles. The molecule has 4 aromatic rings. The van der Waals surface area contributed by atoms with Gasteiger partial charge in [0.25, 0.3) is 5.91 Å². The number of imide groups is 1. The fourth-order valence-electron chi connectivity index (χ4n) is 7.00. The van der Waals surface area contributed by atoms with Gasteiger partial charge < -0.3 is 5.11 Å². The Morgan fingerprint density at radius 1 is 0.881 bits per heavy atom. The summed E-state index contributed by atoms with van der Waals surface area (Å²) in [5.41, 5.74) is 5.48. The minimum atomic E-state index is -1.44. The van der Waals surface area contributed by atoms with Gasteiger partial charge in [-0.05, 0) is 46.0 Å². The molecule has 8 rings (SSSR count). The summed E-state index contributed by atoms with van der Waals surface area (Å²) in [6.45, 7) is 0. The SMILES string of the molecule is O=C(N/N=C\C12c3ccccc3C(c3ccccc31)[C@@H]1C(=O)N(c3ccc(Cl)cc3Cl)C(=O)[C@@H]12)[C@@H](O)c1ccccc1. The molecular formula is C33H23Cl2N3O4. The normalized spacial score (nSPS) is 24.4. The third-order valence-electron chi connectivity index (χ3n) is 8.64. The molecule has 1 heterocycles. The number of amides is 3. The first-order valence-electron chi connectivity index (χ1n) is 13.4. The Morgan fingerprint density at radius 2 is 1.50 bits per heavy atom. The Labute approximate surface area is 251 Å². The highest BCUT2D eigenvalue weighted by Gasteiger charge is 2.68. The van der Waals surface area contributed by atoms with E-state index in [2.05, 4.69) is 10.5 Å². The topological polar surface area (TPSA) is 99.1 Å². The molecule has 0 aromatic heterocycles. The van der Waals surface area contributed by atoms with Crippen molar-refractivity contribution in [2.24, 2.45) is 16.9 Å². The van der Waals surface area contributed by atoms with Gasteiger partial charge in [0.15, 0.2) is 6.10 Å². The highest BCUT2D eigenvalue weighted by atomic mass is 35.5. The molecule has 3 aliphatic carbocycles. The van der Waals surface area contributed by atoms with Crippen LogP contribution in [0.4, 0.5) is 5.69 Å². The van der Waals surface area contributed by atoms with Gasteiger partial charge in [0.1, 0.15) is 0 Å². The Balaban J connectivity index is 1.38. The van der Waals surface area contributed by atoms with E-state index in [1.54, 1.807) is 48.7 Å². The summed E-state index contributed by atoms with van der Waals surface area (Å²) >= 11 is 12.6. The summed E-state index contributed by atoms with van der Waals surface area (Å²) < 4.78 is 0. The van der Waals surface area contributed by atoms with Crippen LogP contribution in [0.5, 0.6) is 0 Å². The lowest BCUT2D eigenvalue weighted by Gasteiger charge is -2.52. The van der Waals surface area contributed by atoms with Crippen LogP contribution in [0, 0.1) is 11.8 Å².